The van der Waals surface area contributed by atoms with E-state index in [-0.39, 0.29) is 5.69 Å². The molecule has 1 fully saturated rings. The van der Waals surface area contributed by atoms with Crippen molar-refractivity contribution in [3.05, 3.63) is 33.9 Å². The van der Waals surface area contributed by atoms with Crippen LogP contribution in [0.15, 0.2) is 18.2 Å². The van der Waals surface area contributed by atoms with Gasteiger partial charge in [-0.3, -0.25) is 10.1 Å². The molecule has 2 N–H and O–H groups in total. The zero-order valence-corrected chi connectivity index (χ0v) is 13.2. The van der Waals surface area contributed by atoms with Crippen molar-refractivity contribution in [2.45, 2.75) is 45.6 Å². The molecule has 0 saturated heterocycles. The monoisotopic (exact) mass is 307 g/mol. The van der Waals surface area contributed by atoms with Crippen LogP contribution in [0.3, 0.4) is 0 Å². The number of aryl methyl sites for hydroxylation is 1. The van der Waals surface area contributed by atoms with Gasteiger partial charge in [-0.1, -0.05) is 25.8 Å². The fraction of sp³-hybridized carbons (Fsp3) is 0.533. The van der Waals surface area contributed by atoms with Crippen molar-refractivity contribution in [1.82, 2.24) is 5.32 Å². The Morgan fingerprint density at radius 2 is 2.10 bits per heavy atom. The molecule has 21 heavy (non-hydrogen) atoms. The summed E-state index contributed by atoms with van der Waals surface area (Å²) in [5, 5.41) is 17.8. The number of hydrogen-bond donors (Lipinski definition) is 2. The first-order valence-electron chi connectivity index (χ1n) is 7.30. The Kier molecular flexibility index (Phi) is 5.12. The van der Waals surface area contributed by atoms with Crippen molar-refractivity contribution >= 4 is 28.7 Å². The van der Waals surface area contributed by atoms with Gasteiger partial charge in [-0.15, -0.1) is 0 Å². The summed E-state index contributed by atoms with van der Waals surface area (Å²) < 4.78 is 0. The van der Waals surface area contributed by atoms with E-state index in [1.54, 1.807) is 6.07 Å². The Balaban J connectivity index is 2.02. The van der Waals surface area contributed by atoms with E-state index in [0.717, 1.165) is 12.0 Å². The molecule has 0 aliphatic heterocycles. The molecule has 1 aliphatic carbocycles. The lowest BCUT2D eigenvalue weighted by atomic mass is 9.86. The highest BCUT2D eigenvalue weighted by Gasteiger charge is 2.21. The van der Waals surface area contributed by atoms with Crippen LogP contribution in [0.2, 0.25) is 0 Å². The van der Waals surface area contributed by atoms with Gasteiger partial charge in [-0.25, -0.2) is 0 Å². The van der Waals surface area contributed by atoms with E-state index in [9.17, 15) is 10.1 Å². The van der Waals surface area contributed by atoms with Crippen molar-refractivity contribution in [1.29, 1.82) is 0 Å². The number of nitro benzene ring substituents is 1. The number of nitrogens with one attached hydrogen (secondary N) is 2. The zero-order chi connectivity index (χ0) is 15.4. The molecule has 114 valence electrons. The summed E-state index contributed by atoms with van der Waals surface area (Å²) in [6, 6.07) is 5.14. The van der Waals surface area contributed by atoms with Crippen LogP contribution in [-0.2, 0) is 0 Å². The number of non-ortho nitro benzene ring substituents is 1. The molecule has 1 saturated carbocycles. The molecule has 1 aromatic rings. The van der Waals surface area contributed by atoms with E-state index in [2.05, 4.69) is 17.6 Å². The Bertz CT molecular complexity index is 548. The highest BCUT2D eigenvalue weighted by Crippen LogP contribution is 2.25. The summed E-state index contributed by atoms with van der Waals surface area (Å²) in [4.78, 5) is 10.4. The van der Waals surface area contributed by atoms with Crippen molar-refractivity contribution in [3.8, 4) is 0 Å². The van der Waals surface area contributed by atoms with E-state index in [1.165, 1.54) is 31.4 Å². The molecule has 6 heteroatoms. The lowest BCUT2D eigenvalue weighted by Gasteiger charge is -2.30. The first-order valence-corrected chi connectivity index (χ1v) is 7.71. The number of benzene rings is 1. The minimum absolute atomic E-state index is 0.0666. The van der Waals surface area contributed by atoms with Crippen molar-refractivity contribution in [2.24, 2.45) is 5.92 Å². The topological polar surface area (TPSA) is 67.2 Å². The standard InChI is InChI=1S/C15H21N3O2S/c1-10-5-3-4-6-13(10)16-15(21)17-14-9-12(18(19)20)8-7-11(14)2/h7-10,13H,3-6H2,1-2H3,(H2,16,17,21)/t10-,13+/m0/s1. The lowest BCUT2D eigenvalue weighted by molar-refractivity contribution is -0.384. The first-order chi connectivity index (χ1) is 9.97. The van der Waals surface area contributed by atoms with Gasteiger partial charge in [0.1, 0.15) is 0 Å². The normalized spacial score (nSPS) is 21.6. The second-order valence-corrected chi connectivity index (χ2v) is 6.13. The average molecular weight is 307 g/mol. The fourth-order valence-corrected chi connectivity index (χ4v) is 2.98. The van der Waals surface area contributed by atoms with Crippen LogP contribution >= 0.6 is 12.2 Å². The number of thiocarbonyl (C=S) groups is 1. The van der Waals surface area contributed by atoms with Crippen LogP contribution in [0.25, 0.3) is 0 Å². The van der Waals surface area contributed by atoms with E-state index < -0.39 is 4.92 Å². The molecule has 0 heterocycles. The minimum atomic E-state index is -0.399. The minimum Gasteiger partial charge on any atom is -0.359 e. The predicted molar refractivity (Wildman–Crippen MR) is 88.6 cm³/mol. The summed E-state index contributed by atoms with van der Waals surface area (Å²) >= 11 is 5.35. The van der Waals surface area contributed by atoms with Gasteiger partial charge in [0.15, 0.2) is 5.11 Å². The third-order valence-corrected chi connectivity index (χ3v) is 4.33. The van der Waals surface area contributed by atoms with Crippen molar-refractivity contribution in [2.75, 3.05) is 5.32 Å². The Morgan fingerprint density at radius 3 is 2.76 bits per heavy atom. The van der Waals surface area contributed by atoms with Gasteiger partial charge >= 0.3 is 0 Å². The molecular weight excluding hydrogens is 286 g/mol. The summed E-state index contributed by atoms with van der Waals surface area (Å²) in [5.41, 5.74) is 1.68. The van der Waals surface area contributed by atoms with E-state index in [0.29, 0.717) is 22.8 Å². The first kappa shape index (κ1) is 15.7. The maximum Gasteiger partial charge on any atom is 0.271 e. The highest BCUT2D eigenvalue weighted by molar-refractivity contribution is 7.80. The zero-order valence-electron chi connectivity index (χ0n) is 12.4. The van der Waals surface area contributed by atoms with Crippen molar-refractivity contribution < 1.29 is 4.92 Å². The number of rotatable bonds is 3. The molecule has 1 aromatic carbocycles. The van der Waals surface area contributed by atoms with Gasteiger partial charge in [0, 0.05) is 23.9 Å². The molecule has 5 nitrogen and oxygen atoms in total. The van der Waals surface area contributed by atoms with Gasteiger partial charge in [-0.2, -0.15) is 0 Å². The van der Waals surface area contributed by atoms with Crippen LogP contribution < -0.4 is 10.6 Å². The van der Waals surface area contributed by atoms with Crippen LogP contribution in [0, 0.1) is 23.0 Å². The molecule has 0 spiro atoms. The molecule has 2 atom stereocenters. The summed E-state index contributed by atoms with van der Waals surface area (Å²) in [7, 11) is 0. The molecule has 2 rings (SSSR count). The molecular formula is C15H21N3O2S. The molecule has 0 amide bonds. The SMILES string of the molecule is Cc1ccc([N+](=O)[O-])cc1NC(=S)N[C@@H]1CCCC[C@@H]1C. The Morgan fingerprint density at radius 1 is 1.38 bits per heavy atom. The fourth-order valence-electron chi connectivity index (χ4n) is 2.72. The van der Waals surface area contributed by atoms with Crippen LogP contribution in [0.1, 0.15) is 38.2 Å². The number of nitro groups is 1. The van der Waals surface area contributed by atoms with Crippen LogP contribution in [0.4, 0.5) is 11.4 Å². The molecule has 0 radical (unpaired) electrons. The van der Waals surface area contributed by atoms with Crippen LogP contribution in [0.5, 0.6) is 0 Å². The van der Waals surface area contributed by atoms with Gasteiger partial charge in [0.05, 0.1) is 4.92 Å². The second kappa shape index (κ2) is 6.85. The molecule has 0 unspecified atom stereocenters. The smallest absolute Gasteiger partial charge is 0.271 e. The maximum atomic E-state index is 10.8. The average Bonchev–Trinajstić information content (AvgIpc) is 2.43. The summed E-state index contributed by atoms with van der Waals surface area (Å²) in [6.07, 6.45) is 4.84. The Hall–Kier alpha value is -1.69. The number of anilines is 1. The van der Waals surface area contributed by atoms with Gasteiger partial charge in [-0.05, 0) is 43.5 Å². The third kappa shape index (κ3) is 4.14. The van der Waals surface area contributed by atoms with Gasteiger partial charge in [0.2, 0.25) is 0 Å². The number of nitrogens with zero attached hydrogens (tertiary/aromatic N) is 1. The van der Waals surface area contributed by atoms with Crippen LogP contribution in [-0.4, -0.2) is 16.1 Å². The Labute approximate surface area is 130 Å². The largest absolute Gasteiger partial charge is 0.359 e. The van der Waals surface area contributed by atoms with E-state index in [4.69, 9.17) is 12.2 Å². The summed E-state index contributed by atoms with van der Waals surface area (Å²) in [5.74, 6) is 0.602. The van der Waals surface area contributed by atoms with Gasteiger partial charge < -0.3 is 10.6 Å². The van der Waals surface area contributed by atoms with Gasteiger partial charge in [0.25, 0.3) is 5.69 Å². The third-order valence-electron chi connectivity index (χ3n) is 4.11. The molecule has 0 aromatic heterocycles. The lowest BCUT2D eigenvalue weighted by Crippen LogP contribution is -2.43. The van der Waals surface area contributed by atoms with E-state index in [1.807, 2.05) is 6.92 Å². The predicted octanol–water partition coefficient (Wildman–Crippen LogP) is 3.77. The van der Waals surface area contributed by atoms with E-state index >= 15 is 0 Å². The highest BCUT2D eigenvalue weighted by atomic mass is 32.1. The maximum absolute atomic E-state index is 10.8. The second-order valence-electron chi connectivity index (χ2n) is 5.72. The number of hydrogen-bond acceptors (Lipinski definition) is 3. The van der Waals surface area contributed by atoms with Crippen molar-refractivity contribution in [3.63, 3.8) is 0 Å². The molecule has 1 aliphatic rings. The molecule has 0 bridgehead atoms. The quantitative estimate of drug-likeness (QED) is 0.505. The summed E-state index contributed by atoms with van der Waals surface area (Å²) in [6.45, 7) is 4.13.